The van der Waals surface area contributed by atoms with E-state index >= 15 is 0 Å². The van der Waals surface area contributed by atoms with Crippen LogP contribution in [0.15, 0.2) is 97.5 Å². The van der Waals surface area contributed by atoms with Gasteiger partial charge in [-0.3, -0.25) is 10.4 Å². The summed E-state index contributed by atoms with van der Waals surface area (Å²) in [6.45, 7) is 2.19. The molecule has 5 N–H and O–H groups in total. The first-order valence-corrected chi connectivity index (χ1v) is 20.2. The maximum absolute atomic E-state index is 12.6. The maximum Gasteiger partial charge on any atom is 1.00 e. The normalized spacial score (nSPS) is 11.2. The molecule has 0 aliphatic carbocycles. The predicted octanol–water partition coefficient (Wildman–Crippen LogP) is 10.4. The summed E-state index contributed by atoms with van der Waals surface area (Å²) in [5, 5.41) is 48.5. The molecule has 6 aromatic rings. The number of aryl methyl sites for hydroxylation is 1. The predicted molar refractivity (Wildman–Crippen MR) is 226 cm³/mol. The Balaban J connectivity index is 0.000000268. The van der Waals surface area contributed by atoms with Gasteiger partial charge in [0.2, 0.25) is 17.3 Å². The number of hydrogen-bond acceptors (Lipinski definition) is 10. The fourth-order valence-electron chi connectivity index (χ4n) is 6.10. The average molecular weight is 969 g/mol. The van der Waals surface area contributed by atoms with Gasteiger partial charge in [0.15, 0.2) is 0 Å². The molecule has 0 saturated carbocycles. The summed E-state index contributed by atoms with van der Waals surface area (Å²) in [6, 6.07) is 19.3. The second-order valence-electron chi connectivity index (χ2n) is 13.2. The molecule has 0 unspecified atom stereocenters. The zero-order valence-corrected chi connectivity index (χ0v) is 36.0. The van der Waals surface area contributed by atoms with E-state index in [1.54, 1.807) is 17.4 Å². The van der Waals surface area contributed by atoms with Gasteiger partial charge >= 0.3 is 43.6 Å². The second kappa shape index (κ2) is 22.0. The minimum atomic E-state index is -4.78. The Kier molecular flexibility index (Phi) is 17.1. The van der Waals surface area contributed by atoms with Crippen molar-refractivity contribution in [1.82, 2.24) is 15.0 Å². The van der Waals surface area contributed by atoms with E-state index in [1.807, 2.05) is 29.7 Å². The Morgan fingerprint density at radius 3 is 1.94 bits per heavy atom. The number of unbranched alkanes of at least 4 members (excludes halogenated alkanes) is 3. The van der Waals surface area contributed by atoms with Crippen LogP contribution in [0.25, 0.3) is 55.4 Å². The molecule has 0 saturated heterocycles. The monoisotopic (exact) mass is 969 g/mol. The molecule has 1 radical (unpaired) electrons. The number of nitriles is 1. The zero-order valence-electron chi connectivity index (χ0n) is 32.6. The molecule has 0 bridgehead atoms. The van der Waals surface area contributed by atoms with Crippen molar-refractivity contribution in [2.24, 2.45) is 0 Å². The quantitative estimate of drug-likeness (QED) is 0.0249. The van der Waals surface area contributed by atoms with Crippen LogP contribution in [0, 0.1) is 16.1 Å². The molecule has 0 amide bonds. The number of rotatable bonds is 15. The number of hydrogen-bond donors (Lipinski definition) is 4. The van der Waals surface area contributed by atoms with Crippen LogP contribution in [0.2, 0.25) is 0 Å². The summed E-state index contributed by atoms with van der Waals surface area (Å²) >= 11 is 2.54. The molecule has 0 aliphatic heterocycles. The number of halogens is 3. The summed E-state index contributed by atoms with van der Waals surface area (Å²) in [6.07, 6.45) is 5.48. The average Bonchev–Trinajstić information content (AvgIpc) is 3.62. The number of carboxylic acid groups (broad SMARTS) is 3. The van der Waals surface area contributed by atoms with Gasteiger partial charge in [0, 0.05) is 63.3 Å². The Morgan fingerprint density at radius 1 is 0.839 bits per heavy atom. The van der Waals surface area contributed by atoms with E-state index in [4.69, 9.17) is 16.4 Å². The molecule has 5 heterocycles. The number of alkyl halides is 3. The van der Waals surface area contributed by atoms with Crippen molar-refractivity contribution in [2.45, 2.75) is 51.1 Å². The summed E-state index contributed by atoms with van der Waals surface area (Å²) < 4.78 is 39.4. The fourth-order valence-corrected chi connectivity index (χ4v) is 7.88. The standard InChI is InChI=1S/C23H23F3N3S.C20H12N4O6S.Ru/c1-2-3-4-5-10-20-16-8-6-7-9-17(16)22(30-20)15-11-12-29-19(13-15)18(27)14-21(28)23(24,25)26;21-9-31-10-24-16(14-5-11(18(25)26)1-3-22-14)7-13(20(29)30)8-17(24)15-6-12(19(27)28)2-4-23-15;/h6-9,11-14,27-28H,2-5,10H2,1H3;1-8H,10H2,(H2-,25,26,27,28,29,30);/q-1;;+1/p+1/b18-14-,28-21?;;. The molecule has 13 nitrogen and oxygen atoms in total. The van der Waals surface area contributed by atoms with Crippen LogP contribution < -0.4 is 4.57 Å². The van der Waals surface area contributed by atoms with Crippen molar-refractivity contribution >= 4 is 63.2 Å². The first kappa shape index (κ1) is 48.3. The van der Waals surface area contributed by atoms with Crippen molar-refractivity contribution in [2.75, 3.05) is 0 Å². The number of nitrogens with zero attached hydrogens (tertiary/aromatic N) is 5. The number of thioether (sulfide) groups is 1. The number of pyridine rings is 4. The van der Waals surface area contributed by atoms with Crippen molar-refractivity contribution < 1.29 is 66.9 Å². The van der Waals surface area contributed by atoms with Crippen LogP contribution in [-0.2, 0) is 31.8 Å². The largest absolute Gasteiger partial charge is 1.00 e. The molecule has 1 aromatic carbocycles. The minimum Gasteiger partial charge on any atom is -0.697 e. The van der Waals surface area contributed by atoms with E-state index in [2.05, 4.69) is 27.9 Å². The van der Waals surface area contributed by atoms with E-state index in [0.717, 1.165) is 40.4 Å². The third-order valence-electron chi connectivity index (χ3n) is 9.06. The van der Waals surface area contributed by atoms with E-state index in [1.165, 1.54) is 89.1 Å². The number of nitrogens with one attached hydrogen (secondary N) is 2. The Hall–Kier alpha value is -6.35. The summed E-state index contributed by atoms with van der Waals surface area (Å²) in [7, 11) is 0. The molecule has 19 heteroatoms. The van der Waals surface area contributed by atoms with Gasteiger partial charge in [-0.15, -0.1) is 17.0 Å². The molecule has 0 atom stereocenters. The van der Waals surface area contributed by atoms with Gasteiger partial charge in [-0.1, -0.05) is 50.5 Å². The number of fused-ring (bicyclic) bond motifs is 1. The van der Waals surface area contributed by atoms with Crippen LogP contribution in [0.1, 0.15) is 74.3 Å². The maximum atomic E-state index is 12.6. The smallest absolute Gasteiger partial charge is 0.697 e. The number of thiocyanates is 1. The number of carbonyl (C=O) groups is 3. The van der Waals surface area contributed by atoms with Crippen molar-refractivity contribution in [3.8, 4) is 38.6 Å². The van der Waals surface area contributed by atoms with Crippen LogP contribution in [0.5, 0.6) is 0 Å². The van der Waals surface area contributed by atoms with Crippen LogP contribution in [0.4, 0.5) is 13.2 Å². The summed E-state index contributed by atoms with van der Waals surface area (Å²) in [5.41, 5.74) is 7.40. The van der Waals surface area contributed by atoms with Crippen molar-refractivity contribution in [1.29, 1.82) is 10.7 Å². The molecule has 62 heavy (non-hydrogen) atoms. The van der Waals surface area contributed by atoms with E-state index in [-0.39, 0.29) is 70.5 Å². The van der Waals surface area contributed by atoms with Gasteiger partial charge in [0.05, 0.1) is 16.7 Å². The summed E-state index contributed by atoms with van der Waals surface area (Å²) in [5.74, 6) is -3.61. The third kappa shape index (κ3) is 12.1. The SMILES string of the molecule is CCCCCCc1sc(-c2ccnc(/C([NH-])=C/C(=N)C(F)(F)F)c2)c2ccccc12.N#CSC[n+]1c(-c2cc(C(=O)O)ccn2)cc(C(=O)O)cc1-c1cc(C(=O)O)ccn1.[Ru+]. The van der Waals surface area contributed by atoms with E-state index < -0.39 is 35.5 Å². The van der Waals surface area contributed by atoms with Crippen molar-refractivity contribution in [3.05, 3.63) is 130 Å². The van der Waals surface area contributed by atoms with Gasteiger partial charge in [-0.05, 0) is 66.3 Å². The Morgan fingerprint density at radius 2 is 1.40 bits per heavy atom. The van der Waals surface area contributed by atoms with Crippen LogP contribution >= 0.6 is 23.1 Å². The van der Waals surface area contributed by atoms with Gasteiger partial charge < -0.3 is 21.1 Å². The first-order valence-electron chi connectivity index (χ1n) is 18.4. The molecular weight excluding hydrogens is 933 g/mol. The van der Waals surface area contributed by atoms with Crippen molar-refractivity contribution in [3.63, 3.8) is 0 Å². The minimum absolute atomic E-state index is 0. The van der Waals surface area contributed by atoms with Gasteiger partial charge in [-0.2, -0.15) is 23.0 Å². The topological polar surface area (TPSA) is 226 Å². The first-order chi connectivity index (χ1) is 29.1. The van der Waals surface area contributed by atoms with Gasteiger partial charge in [-0.25, -0.2) is 24.4 Å². The van der Waals surface area contributed by atoms with Gasteiger partial charge in [0.25, 0.3) is 0 Å². The number of aromatic nitrogens is 4. The number of allylic oxidation sites excluding steroid dienone is 1. The number of benzene rings is 1. The fraction of sp³-hybridized carbons (Fsp3) is 0.186. The molecular formula is C43H36F3N7O6RuS2+. The number of aromatic carboxylic acids is 3. The molecule has 0 aliphatic rings. The third-order valence-corrected chi connectivity index (χ3v) is 10.9. The second-order valence-corrected chi connectivity index (χ2v) is 15.0. The van der Waals surface area contributed by atoms with E-state index in [9.17, 15) is 42.9 Å². The zero-order chi connectivity index (χ0) is 44.3. The van der Waals surface area contributed by atoms with Gasteiger partial charge in [0.1, 0.15) is 22.5 Å². The Bertz CT molecular complexity index is 2620. The summed E-state index contributed by atoms with van der Waals surface area (Å²) in [4.78, 5) is 49.2. The molecule has 0 fully saturated rings. The van der Waals surface area contributed by atoms with Crippen LogP contribution in [0.3, 0.4) is 0 Å². The number of carboxylic acids is 3. The Labute approximate surface area is 374 Å². The molecule has 319 valence electrons. The number of thiophene rings is 1. The van der Waals surface area contributed by atoms with Crippen LogP contribution in [-0.4, -0.2) is 60.1 Å². The molecule has 0 spiro atoms. The van der Waals surface area contributed by atoms with E-state index in [0.29, 0.717) is 6.08 Å². The molecule has 5 aromatic heterocycles. The molecule has 6 rings (SSSR count).